The maximum atomic E-state index is 12.4. The van der Waals surface area contributed by atoms with E-state index in [0.29, 0.717) is 22.8 Å². The number of rotatable bonds is 5. The van der Waals surface area contributed by atoms with Gasteiger partial charge in [-0.05, 0) is 43.3 Å². The lowest BCUT2D eigenvalue weighted by Crippen LogP contribution is -2.12. The molecule has 0 saturated carbocycles. The van der Waals surface area contributed by atoms with Gasteiger partial charge in [-0.25, -0.2) is 9.97 Å². The molecular weight excluding hydrogens is 316 g/mol. The summed E-state index contributed by atoms with van der Waals surface area (Å²) in [5, 5.41) is 6.07. The summed E-state index contributed by atoms with van der Waals surface area (Å²) in [4.78, 5) is 20.6. The Morgan fingerprint density at radius 2 is 1.80 bits per heavy atom. The number of anilines is 3. The van der Waals surface area contributed by atoms with Gasteiger partial charge >= 0.3 is 0 Å². The molecule has 0 saturated heterocycles. The Bertz CT molecular complexity index is 896. The van der Waals surface area contributed by atoms with E-state index in [9.17, 15) is 4.79 Å². The van der Waals surface area contributed by atoms with E-state index in [1.807, 2.05) is 37.3 Å². The van der Waals surface area contributed by atoms with Crippen LogP contribution < -0.4 is 15.4 Å². The first kappa shape index (κ1) is 16.4. The summed E-state index contributed by atoms with van der Waals surface area (Å²) >= 11 is 0. The molecular formula is C19H18N4O2. The topological polar surface area (TPSA) is 76.1 Å². The first-order chi connectivity index (χ1) is 12.1. The van der Waals surface area contributed by atoms with Crippen LogP contribution in [0, 0.1) is 6.92 Å². The third-order valence-electron chi connectivity index (χ3n) is 3.53. The van der Waals surface area contributed by atoms with Crippen LogP contribution in [-0.2, 0) is 0 Å². The van der Waals surface area contributed by atoms with Crippen molar-refractivity contribution in [3.05, 3.63) is 72.2 Å². The number of carbonyl (C=O) groups excluding carboxylic acids is 1. The highest BCUT2D eigenvalue weighted by atomic mass is 16.5. The van der Waals surface area contributed by atoms with E-state index in [0.717, 1.165) is 11.4 Å². The number of benzene rings is 2. The van der Waals surface area contributed by atoms with Crippen molar-refractivity contribution < 1.29 is 9.53 Å². The van der Waals surface area contributed by atoms with Crippen LogP contribution in [0.3, 0.4) is 0 Å². The molecule has 0 aliphatic rings. The SMILES string of the molecule is COc1cccc(C(=O)Nc2cccc(Nc3cc(C)ncn3)c2)c1. The van der Waals surface area contributed by atoms with Gasteiger partial charge in [-0.3, -0.25) is 4.79 Å². The fourth-order valence-corrected chi connectivity index (χ4v) is 2.31. The zero-order chi connectivity index (χ0) is 17.6. The molecule has 0 aliphatic heterocycles. The fourth-order valence-electron chi connectivity index (χ4n) is 2.31. The van der Waals surface area contributed by atoms with E-state index in [1.165, 1.54) is 6.33 Å². The molecule has 1 heterocycles. The van der Waals surface area contributed by atoms with Gasteiger partial charge in [0.2, 0.25) is 0 Å². The molecule has 2 N–H and O–H groups in total. The Morgan fingerprint density at radius 1 is 1.00 bits per heavy atom. The highest BCUT2D eigenvalue weighted by Gasteiger charge is 2.08. The molecule has 25 heavy (non-hydrogen) atoms. The molecule has 0 unspecified atom stereocenters. The molecule has 126 valence electrons. The number of amides is 1. The predicted molar refractivity (Wildman–Crippen MR) is 97.4 cm³/mol. The average molecular weight is 334 g/mol. The van der Waals surface area contributed by atoms with Crippen LogP contribution in [0.5, 0.6) is 5.75 Å². The first-order valence-electron chi connectivity index (χ1n) is 7.75. The lowest BCUT2D eigenvalue weighted by Gasteiger charge is -2.10. The number of hydrogen-bond acceptors (Lipinski definition) is 5. The second kappa shape index (κ2) is 7.44. The number of nitrogens with zero attached hydrogens (tertiary/aromatic N) is 2. The Balaban J connectivity index is 1.74. The van der Waals surface area contributed by atoms with Gasteiger partial charge in [-0.1, -0.05) is 12.1 Å². The van der Waals surface area contributed by atoms with Crippen molar-refractivity contribution in [3.63, 3.8) is 0 Å². The monoisotopic (exact) mass is 334 g/mol. The molecule has 3 aromatic rings. The quantitative estimate of drug-likeness (QED) is 0.742. The number of nitrogens with one attached hydrogen (secondary N) is 2. The molecule has 6 nitrogen and oxygen atoms in total. The third-order valence-corrected chi connectivity index (χ3v) is 3.53. The highest BCUT2D eigenvalue weighted by molar-refractivity contribution is 6.04. The largest absolute Gasteiger partial charge is 0.497 e. The summed E-state index contributed by atoms with van der Waals surface area (Å²) in [6.07, 6.45) is 1.51. The molecule has 1 aromatic heterocycles. The number of ether oxygens (including phenoxy) is 1. The summed E-state index contributed by atoms with van der Waals surface area (Å²) in [6.45, 7) is 1.90. The lowest BCUT2D eigenvalue weighted by atomic mass is 10.2. The van der Waals surface area contributed by atoms with Gasteiger partial charge in [-0.15, -0.1) is 0 Å². The van der Waals surface area contributed by atoms with Crippen molar-refractivity contribution in [2.75, 3.05) is 17.7 Å². The van der Waals surface area contributed by atoms with Crippen molar-refractivity contribution in [2.45, 2.75) is 6.92 Å². The van der Waals surface area contributed by atoms with Gasteiger partial charge in [0.1, 0.15) is 17.9 Å². The van der Waals surface area contributed by atoms with Crippen molar-refractivity contribution in [3.8, 4) is 5.75 Å². The number of hydrogen-bond donors (Lipinski definition) is 2. The molecule has 1 amide bonds. The molecule has 0 radical (unpaired) electrons. The Morgan fingerprint density at radius 3 is 2.60 bits per heavy atom. The molecule has 0 aliphatic carbocycles. The van der Waals surface area contributed by atoms with Crippen molar-refractivity contribution in [1.82, 2.24) is 9.97 Å². The van der Waals surface area contributed by atoms with Crippen LogP contribution in [0.4, 0.5) is 17.2 Å². The fraction of sp³-hybridized carbons (Fsp3) is 0.105. The molecule has 3 rings (SSSR count). The van der Waals surface area contributed by atoms with Gasteiger partial charge in [0.15, 0.2) is 0 Å². The Kier molecular flexibility index (Phi) is 4.89. The zero-order valence-corrected chi connectivity index (χ0v) is 14.0. The Hall–Kier alpha value is -3.41. The van der Waals surface area contributed by atoms with Crippen LogP contribution in [0.1, 0.15) is 16.1 Å². The normalized spacial score (nSPS) is 10.2. The predicted octanol–water partition coefficient (Wildman–Crippen LogP) is 3.79. The molecule has 2 aromatic carbocycles. The summed E-state index contributed by atoms with van der Waals surface area (Å²) in [7, 11) is 1.57. The third kappa shape index (κ3) is 4.32. The second-order valence-electron chi connectivity index (χ2n) is 5.44. The molecule has 0 fully saturated rings. The van der Waals surface area contributed by atoms with E-state index >= 15 is 0 Å². The zero-order valence-electron chi connectivity index (χ0n) is 14.0. The minimum absolute atomic E-state index is 0.200. The van der Waals surface area contributed by atoms with Gasteiger partial charge in [-0.2, -0.15) is 0 Å². The number of aryl methyl sites for hydroxylation is 1. The van der Waals surface area contributed by atoms with E-state index < -0.39 is 0 Å². The molecule has 6 heteroatoms. The smallest absolute Gasteiger partial charge is 0.255 e. The van der Waals surface area contributed by atoms with Crippen LogP contribution in [0.15, 0.2) is 60.9 Å². The first-order valence-corrected chi connectivity index (χ1v) is 7.75. The summed E-state index contributed by atoms with van der Waals surface area (Å²) in [5.74, 6) is 1.14. The summed E-state index contributed by atoms with van der Waals surface area (Å²) in [5.41, 5.74) is 2.91. The maximum Gasteiger partial charge on any atom is 0.255 e. The number of methoxy groups -OCH3 is 1. The van der Waals surface area contributed by atoms with Crippen LogP contribution in [-0.4, -0.2) is 23.0 Å². The van der Waals surface area contributed by atoms with E-state index in [-0.39, 0.29) is 5.91 Å². The number of aromatic nitrogens is 2. The number of carbonyl (C=O) groups is 1. The van der Waals surface area contributed by atoms with Gasteiger partial charge < -0.3 is 15.4 Å². The lowest BCUT2D eigenvalue weighted by molar-refractivity contribution is 0.102. The van der Waals surface area contributed by atoms with Gasteiger partial charge in [0, 0.05) is 28.7 Å². The second-order valence-corrected chi connectivity index (χ2v) is 5.44. The maximum absolute atomic E-state index is 12.4. The van der Waals surface area contributed by atoms with Crippen LogP contribution in [0.25, 0.3) is 0 Å². The Labute approximate surface area is 145 Å². The molecule has 0 atom stereocenters. The van der Waals surface area contributed by atoms with Crippen molar-refractivity contribution in [2.24, 2.45) is 0 Å². The van der Waals surface area contributed by atoms with Gasteiger partial charge in [0.05, 0.1) is 7.11 Å². The van der Waals surface area contributed by atoms with E-state index in [1.54, 1.807) is 31.4 Å². The van der Waals surface area contributed by atoms with Crippen LogP contribution in [0.2, 0.25) is 0 Å². The van der Waals surface area contributed by atoms with Crippen molar-refractivity contribution >= 4 is 23.1 Å². The summed E-state index contributed by atoms with van der Waals surface area (Å²) in [6, 6.07) is 16.3. The highest BCUT2D eigenvalue weighted by Crippen LogP contribution is 2.20. The molecule has 0 spiro atoms. The van der Waals surface area contributed by atoms with E-state index in [2.05, 4.69) is 20.6 Å². The standard InChI is InChI=1S/C19H18N4O2/c1-13-9-18(21-12-20-13)22-15-6-4-7-16(11-15)23-19(24)14-5-3-8-17(10-14)25-2/h3-12H,1-2H3,(H,23,24)(H,20,21,22). The molecule has 0 bridgehead atoms. The van der Waals surface area contributed by atoms with Gasteiger partial charge in [0.25, 0.3) is 5.91 Å². The average Bonchev–Trinajstić information content (AvgIpc) is 2.62. The minimum atomic E-state index is -0.200. The van der Waals surface area contributed by atoms with Crippen molar-refractivity contribution in [1.29, 1.82) is 0 Å². The summed E-state index contributed by atoms with van der Waals surface area (Å²) < 4.78 is 5.15. The van der Waals surface area contributed by atoms with Crippen LogP contribution >= 0.6 is 0 Å². The minimum Gasteiger partial charge on any atom is -0.497 e. The van der Waals surface area contributed by atoms with E-state index in [4.69, 9.17) is 4.74 Å².